The first-order valence-electron chi connectivity index (χ1n) is 6.09. The fourth-order valence-corrected chi connectivity index (χ4v) is 2.81. The first-order chi connectivity index (χ1) is 7.89. The number of hydrogen-bond acceptors (Lipinski definition) is 5. The summed E-state index contributed by atoms with van der Waals surface area (Å²) < 4.78 is 22.4. The van der Waals surface area contributed by atoms with E-state index in [1.807, 2.05) is 13.8 Å². The van der Waals surface area contributed by atoms with E-state index in [1.54, 1.807) is 13.8 Å². The van der Waals surface area contributed by atoms with Gasteiger partial charge in [0.25, 0.3) is 0 Å². The Balaban J connectivity index is 3.95. The minimum atomic E-state index is -2.93. The molecule has 17 heavy (non-hydrogen) atoms. The number of nitrogens with one attached hydrogen (secondary N) is 1. The lowest BCUT2D eigenvalue weighted by Crippen LogP contribution is -2.33. The quantitative estimate of drug-likeness (QED) is 0.467. The van der Waals surface area contributed by atoms with E-state index < -0.39 is 7.60 Å². The van der Waals surface area contributed by atoms with E-state index >= 15 is 0 Å². The zero-order valence-corrected chi connectivity index (χ0v) is 12.3. The van der Waals surface area contributed by atoms with Crippen LogP contribution in [0.3, 0.4) is 0 Å². The third-order valence-electron chi connectivity index (χ3n) is 2.25. The molecule has 0 aromatic heterocycles. The summed E-state index contributed by atoms with van der Waals surface area (Å²) in [6, 6.07) is 0. The van der Waals surface area contributed by atoms with Gasteiger partial charge >= 0.3 is 7.60 Å². The van der Waals surface area contributed by atoms with E-state index in [4.69, 9.17) is 14.2 Å². The maximum Gasteiger partial charge on any atom is 0.331 e. The van der Waals surface area contributed by atoms with Crippen LogP contribution in [-0.2, 0) is 13.6 Å². The summed E-state index contributed by atoms with van der Waals surface area (Å²) >= 11 is 0. The van der Waals surface area contributed by atoms with Gasteiger partial charge in [-0.1, -0.05) is 13.8 Å². The average molecular weight is 267 g/mol. The standard InChI is InChI=1S/C11H26NO4P/c1-5-15-17(14,16-6-2)8-7-12-9-11(3,4)10-13/h12-13H,5-10H2,1-4H3. The molecule has 6 heteroatoms. The van der Waals surface area contributed by atoms with Crippen molar-refractivity contribution >= 4 is 7.60 Å². The molecule has 0 saturated carbocycles. The summed E-state index contributed by atoms with van der Waals surface area (Å²) in [6.07, 6.45) is 0.357. The largest absolute Gasteiger partial charge is 0.396 e. The third kappa shape index (κ3) is 7.90. The first kappa shape index (κ1) is 17.1. The fourth-order valence-electron chi connectivity index (χ4n) is 1.26. The van der Waals surface area contributed by atoms with Crippen molar-refractivity contribution in [2.45, 2.75) is 27.7 Å². The molecule has 104 valence electrons. The Morgan fingerprint density at radius 2 is 1.76 bits per heavy atom. The van der Waals surface area contributed by atoms with Gasteiger partial charge in [0.2, 0.25) is 0 Å². The van der Waals surface area contributed by atoms with E-state index in [0.29, 0.717) is 32.5 Å². The SMILES string of the molecule is CCOP(=O)(CCNCC(C)(C)CO)OCC. The maximum atomic E-state index is 12.1. The number of hydrogen-bond donors (Lipinski definition) is 2. The fraction of sp³-hybridized carbons (Fsp3) is 1.00. The summed E-state index contributed by atoms with van der Waals surface area (Å²) in [5.41, 5.74) is -0.165. The Bertz CT molecular complexity index is 236. The van der Waals surface area contributed by atoms with E-state index in [-0.39, 0.29) is 12.0 Å². The summed E-state index contributed by atoms with van der Waals surface area (Å²) in [4.78, 5) is 0. The van der Waals surface area contributed by atoms with Crippen LogP contribution in [0.4, 0.5) is 0 Å². The molecule has 0 heterocycles. The second-order valence-electron chi connectivity index (χ2n) is 4.67. The molecule has 5 nitrogen and oxygen atoms in total. The van der Waals surface area contributed by atoms with Crippen molar-refractivity contribution in [1.29, 1.82) is 0 Å². The first-order valence-corrected chi connectivity index (χ1v) is 7.81. The molecular formula is C11H26NO4P. The Morgan fingerprint density at radius 1 is 1.24 bits per heavy atom. The molecular weight excluding hydrogens is 241 g/mol. The lowest BCUT2D eigenvalue weighted by molar-refractivity contribution is 0.157. The van der Waals surface area contributed by atoms with Crippen LogP contribution in [0.2, 0.25) is 0 Å². The predicted octanol–water partition coefficient (Wildman–Crippen LogP) is 1.86. The molecule has 0 unspecified atom stereocenters. The summed E-state index contributed by atoms with van der Waals surface area (Å²) in [5, 5.41) is 12.2. The van der Waals surface area contributed by atoms with Crippen LogP contribution in [0.1, 0.15) is 27.7 Å². The van der Waals surface area contributed by atoms with Gasteiger partial charge in [-0.2, -0.15) is 0 Å². The van der Waals surface area contributed by atoms with Crippen molar-refractivity contribution in [3.05, 3.63) is 0 Å². The normalized spacial score (nSPS) is 13.0. The monoisotopic (exact) mass is 267 g/mol. The zero-order chi connectivity index (χ0) is 13.4. The second-order valence-corrected chi connectivity index (χ2v) is 6.85. The smallest absolute Gasteiger partial charge is 0.331 e. The van der Waals surface area contributed by atoms with Gasteiger partial charge in [0, 0.05) is 25.1 Å². The van der Waals surface area contributed by atoms with Gasteiger partial charge < -0.3 is 19.5 Å². The maximum absolute atomic E-state index is 12.1. The minimum Gasteiger partial charge on any atom is -0.396 e. The Kier molecular flexibility index (Phi) is 8.25. The van der Waals surface area contributed by atoms with Crippen LogP contribution in [0.15, 0.2) is 0 Å². The number of rotatable bonds is 10. The summed E-state index contributed by atoms with van der Waals surface area (Å²) in [6.45, 7) is 9.65. The molecule has 0 aliphatic carbocycles. The lowest BCUT2D eigenvalue weighted by atomic mass is 9.95. The summed E-state index contributed by atoms with van der Waals surface area (Å²) in [5.74, 6) is 0. The van der Waals surface area contributed by atoms with E-state index in [0.717, 1.165) is 0 Å². The molecule has 0 atom stereocenters. The molecule has 0 rings (SSSR count). The molecule has 0 radical (unpaired) electrons. The van der Waals surface area contributed by atoms with Gasteiger partial charge in [0.1, 0.15) is 0 Å². The minimum absolute atomic E-state index is 0.120. The van der Waals surface area contributed by atoms with Gasteiger partial charge in [-0.15, -0.1) is 0 Å². The van der Waals surface area contributed by atoms with Crippen LogP contribution >= 0.6 is 7.60 Å². The van der Waals surface area contributed by atoms with Crippen molar-refractivity contribution in [3.8, 4) is 0 Å². The topological polar surface area (TPSA) is 67.8 Å². The van der Waals surface area contributed by atoms with E-state index in [9.17, 15) is 4.57 Å². The molecule has 0 aromatic rings. The molecule has 2 N–H and O–H groups in total. The van der Waals surface area contributed by atoms with Crippen LogP contribution < -0.4 is 5.32 Å². The van der Waals surface area contributed by atoms with Gasteiger partial charge in [0.05, 0.1) is 19.4 Å². The number of aliphatic hydroxyl groups is 1. The zero-order valence-electron chi connectivity index (χ0n) is 11.4. The number of aliphatic hydroxyl groups excluding tert-OH is 1. The van der Waals surface area contributed by atoms with Gasteiger partial charge in [-0.3, -0.25) is 4.57 Å². The molecule has 0 spiro atoms. The third-order valence-corrected chi connectivity index (χ3v) is 4.32. The van der Waals surface area contributed by atoms with Crippen molar-refractivity contribution in [3.63, 3.8) is 0 Å². The van der Waals surface area contributed by atoms with Crippen molar-refractivity contribution in [1.82, 2.24) is 5.32 Å². The molecule has 0 aromatic carbocycles. The van der Waals surface area contributed by atoms with Gasteiger partial charge in [-0.25, -0.2) is 0 Å². The van der Waals surface area contributed by atoms with Crippen molar-refractivity contribution < 1.29 is 18.7 Å². The molecule has 0 aliphatic rings. The van der Waals surface area contributed by atoms with E-state index in [2.05, 4.69) is 5.32 Å². The Morgan fingerprint density at radius 3 is 2.18 bits per heavy atom. The van der Waals surface area contributed by atoms with Crippen LogP contribution in [0.25, 0.3) is 0 Å². The highest BCUT2D eigenvalue weighted by molar-refractivity contribution is 7.53. The van der Waals surface area contributed by atoms with Gasteiger partial charge in [-0.05, 0) is 13.8 Å². The highest BCUT2D eigenvalue weighted by Gasteiger charge is 2.23. The highest BCUT2D eigenvalue weighted by Crippen LogP contribution is 2.47. The van der Waals surface area contributed by atoms with Crippen molar-refractivity contribution in [2.24, 2.45) is 5.41 Å². The Hall–Kier alpha value is 0.0700. The second kappa shape index (κ2) is 8.22. The van der Waals surface area contributed by atoms with Crippen molar-refractivity contribution in [2.75, 3.05) is 39.1 Å². The molecule has 0 fully saturated rings. The predicted molar refractivity (Wildman–Crippen MR) is 69.5 cm³/mol. The van der Waals surface area contributed by atoms with E-state index in [1.165, 1.54) is 0 Å². The molecule has 0 bridgehead atoms. The Labute approximate surface area is 104 Å². The molecule has 0 aliphatic heterocycles. The lowest BCUT2D eigenvalue weighted by Gasteiger charge is -2.23. The van der Waals surface area contributed by atoms with Crippen LogP contribution in [0.5, 0.6) is 0 Å². The average Bonchev–Trinajstić information content (AvgIpc) is 2.25. The van der Waals surface area contributed by atoms with Gasteiger partial charge in [0.15, 0.2) is 0 Å². The molecule has 0 amide bonds. The molecule has 0 saturated heterocycles. The summed E-state index contributed by atoms with van der Waals surface area (Å²) in [7, 11) is -2.93. The van der Waals surface area contributed by atoms with Crippen LogP contribution in [0, 0.1) is 5.41 Å². The highest BCUT2D eigenvalue weighted by atomic mass is 31.2. The van der Waals surface area contributed by atoms with Crippen LogP contribution in [-0.4, -0.2) is 44.2 Å².